The molecule has 3 N–H and O–H groups in total. The minimum Gasteiger partial charge on any atom is -0.461 e. The molecule has 2 bridgehead atoms. The van der Waals surface area contributed by atoms with Crippen molar-refractivity contribution in [1.29, 1.82) is 5.26 Å². The van der Waals surface area contributed by atoms with Gasteiger partial charge in [0.2, 0.25) is 0 Å². The number of ether oxygens (including phenoxy) is 1. The number of nitrogens with two attached hydrogens (primary N) is 1. The van der Waals surface area contributed by atoms with Gasteiger partial charge in [-0.1, -0.05) is 6.07 Å². The quantitative estimate of drug-likeness (QED) is 0.268. The van der Waals surface area contributed by atoms with E-state index in [1.54, 1.807) is 11.7 Å². The predicted octanol–water partition coefficient (Wildman–Crippen LogP) is 5.03. The molecule has 0 spiro atoms. The summed E-state index contributed by atoms with van der Waals surface area (Å²) in [5.74, 6) is -0.661. The van der Waals surface area contributed by atoms with Crippen molar-refractivity contribution < 1.29 is 17.9 Å². The Morgan fingerprint density at radius 1 is 1.15 bits per heavy atom. The van der Waals surface area contributed by atoms with Crippen LogP contribution in [0.25, 0.3) is 43.0 Å². The number of nitriles is 1. The molecule has 9 rings (SSSR count). The average Bonchev–Trinajstić information content (AvgIpc) is 3.85. The van der Waals surface area contributed by atoms with Crippen molar-refractivity contribution in [2.75, 3.05) is 43.4 Å². The molecule has 14 heteroatoms. The number of hydrogen-bond donors (Lipinski definition) is 2. The van der Waals surface area contributed by atoms with Crippen LogP contribution in [0.15, 0.2) is 18.3 Å². The summed E-state index contributed by atoms with van der Waals surface area (Å²) >= 11 is 0.958. The summed E-state index contributed by atoms with van der Waals surface area (Å²) in [7, 11) is 1.76. The van der Waals surface area contributed by atoms with E-state index in [1.807, 2.05) is 6.20 Å². The predicted molar refractivity (Wildman–Crippen MR) is 174 cm³/mol. The van der Waals surface area contributed by atoms with Gasteiger partial charge in [-0.15, -0.1) is 11.3 Å². The Morgan fingerprint density at radius 2 is 1.96 bits per heavy atom. The van der Waals surface area contributed by atoms with Gasteiger partial charge < -0.3 is 20.7 Å². The maximum absolute atomic E-state index is 17.4. The molecule has 242 valence electrons. The molecule has 0 amide bonds. The first-order valence-electron chi connectivity index (χ1n) is 16.0. The molecular weight excluding hydrogens is 627 g/mol. The number of alkyl halides is 1. The molecule has 0 saturated carbocycles. The Balaban J connectivity index is 1.28. The van der Waals surface area contributed by atoms with Crippen LogP contribution in [0, 0.1) is 23.0 Å². The van der Waals surface area contributed by atoms with Crippen molar-refractivity contribution in [2.45, 2.75) is 55.9 Å². The molecule has 5 aromatic rings. The first-order valence-corrected chi connectivity index (χ1v) is 16.8. The van der Waals surface area contributed by atoms with E-state index < -0.39 is 23.3 Å². The molecule has 4 saturated heterocycles. The minimum absolute atomic E-state index is 0.0248. The molecule has 10 nitrogen and oxygen atoms in total. The maximum Gasteiger partial charge on any atom is 0.319 e. The SMILES string of the molecule is Cn1cc2c(n1)c(-c1ccc(F)c3sc(N)c(C#N)c13)c(F)c1nc(OC[C@@]34CCCN3C[C@H](F)C4)nc(N3C[C@H]4CC[C@@H](C3)N4)c12. The van der Waals surface area contributed by atoms with Crippen molar-refractivity contribution >= 4 is 54.0 Å². The second-order valence-corrected chi connectivity index (χ2v) is 14.5. The summed E-state index contributed by atoms with van der Waals surface area (Å²) in [5, 5.41) is 19.9. The highest BCUT2D eigenvalue weighted by Gasteiger charge is 2.49. The molecule has 4 fully saturated rings. The Morgan fingerprint density at radius 3 is 2.74 bits per heavy atom. The number of piperazine rings is 1. The highest BCUT2D eigenvalue weighted by molar-refractivity contribution is 7.23. The Bertz CT molecular complexity index is 2150. The number of rotatable bonds is 5. The van der Waals surface area contributed by atoms with Gasteiger partial charge in [0.05, 0.1) is 21.2 Å². The van der Waals surface area contributed by atoms with E-state index in [9.17, 15) is 9.65 Å². The number of hydrogen-bond acceptors (Lipinski definition) is 10. The number of halogens is 3. The number of anilines is 2. The summed E-state index contributed by atoms with van der Waals surface area (Å²) in [5.41, 5.74) is 6.59. The van der Waals surface area contributed by atoms with E-state index in [2.05, 4.69) is 26.3 Å². The summed E-state index contributed by atoms with van der Waals surface area (Å²) in [6, 6.07) is 5.40. The molecular formula is C33H32F3N9OS. The number of benzene rings is 2. The zero-order valence-corrected chi connectivity index (χ0v) is 26.5. The van der Waals surface area contributed by atoms with Gasteiger partial charge in [-0.2, -0.15) is 20.3 Å². The molecule has 0 aliphatic carbocycles. The number of aromatic nitrogens is 4. The van der Waals surface area contributed by atoms with Crippen LogP contribution >= 0.6 is 11.3 Å². The summed E-state index contributed by atoms with van der Waals surface area (Å²) in [6.07, 6.45) is 5.15. The molecule has 0 unspecified atom stereocenters. The topological polar surface area (TPSA) is 121 Å². The second-order valence-electron chi connectivity index (χ2n) is 13.5. The first-order chi connectivity index (χ1) is 22.7. The number of nitrogens with zero attached hydrogens (tertiary/aromatic N) is 7. The van der Waals surface area contributed by atoms with Crippen LogP contribution in [0.1, 0.15) is 37.7 Å². The van der Waals surface area contributed by atoms with Crippen LogP contribution in [0.5, 0.6) is 6.01 Å². The second kappa shape index (κ2) is 10.4. The van der Waals surface area contributed by atoms with Crippen molar-refractivity contribution in [1.82, 2.24) is 30.0 Å². The number of aryl methyl sites for hydroxylation is 1. The zero-order valence-electron chi connectivity index (χ0n) is 25.7. The molecule has 47 heavy (non-hydrogen) atoms. The van der Waals surface area contributed by atoms with Gasteiger partial charge in [-0.3, -0.25) is 9.58 Å². The third-order valence-electron chi connectivity index (χ3n) is 10.6. The normalized spacial score (nSPS) is 25.8. The highest BCUT2D eigenvalue weighted by atomic mass is 32.1. The van der Waals surface area contributed by atoms with Gasteiger partial charge >= 0.3 is 6.01 Å². The molecule has 3 aromatic heterocycles. The van der Waals surface area contributed by atoms with E-state index in [4.69, 9.17) is 20.4 Å². The molecule has 4 atom stereocenters. The number of fused-ring (bicyclic) bond motifs is 7. The van der Waals surface area contributed by atoms with Gasteiger partial charge in [0.25, 0.3) is 0 Å². The van der Waals surface area contributed by atoms with E-state index >= 15 is 8.78 Å². The Labute approximate surface area is 271 Å². The van der Waals surface area contributed by atoms with Crippen LogP contribution < -0.4 is 20.7 Å². The standard InChI is InChI=1S/C33H32F3N9OS/c1-43-14-21-25-28(26(36)24(27(21)42-43)19-5-6-22(35)29-23(19)20(10-37)30(38)47-29)40-32(41-31(25)44-12-17-3-4-18(13-44)39-17)46-15-33-7-2-8-45(33)11-16(34)9-33/h5-6,14,16-18,39H,2-4,7-9,11-13,15,38H2,1H3/t16-,17-,18+,33+/m1/s1. The van der Waals surface area contributed by atoms with Gasteiger partial charge in [-0.25, -0.2) is 13.2 Å². The van der Waals surface area contributed by atoms with Gasteiger partial charge in [-0.05, 0) is 43.9 Å². The summed E-state index contributed by atoms with van der Waals surface area (Å²) in [6.45, 7) is 2.78. The van der Waals surface area contributed by atoms with Crippen molar-refractivity contribution in [3.8, 4) is 23.2 Å². The lowest BCUT2D eigenvalue weighted by molar-refractivity contribution is 0.107. The fourth-order valence-corrected chi connectivity index (χ4v) is 9.53. The highest BCUT2D eigenvalue weighted by Crippen LogP contribution is 2.47. The molecule has 0 radical (unpaired) electrons. The Kier molecular flexibility index (Phi) is 6.42. The number of nitrogen functional groups attached to an aromatic ring is 1. The Hall–Kier alpha value is -4.19. The average molecular weight is 660 g/mol. The van der Waals surface area contributed by atoms with E-state index in [-0.39, 0.29) is 56.4 Å². The van der Waals surface area contributed by atoms with Gasteiger partial charge in [0, 0.05) is 67.7 Å². The van der Waals surface area contributed by atoms with E-state index in [1.165, 1.54) is 12.1 Å². The van der Waals surface area contributed by atoms with Crippen LogP contribution in [-0.2, 0) is 7.05 Å². The van der Waals surface area contributed by atoms with Crippen molar-refractivity contribution in [3.63, 3.8) is 0 Å². The minimum atomic E-state index is -0.917. The number of nitrogens with one attached hydrogen (secondary N) is 1. The maximum atomic E-state index is 17.4. The monoisotopic (exact) mass is 659 g/mol. The molecule has 2 aromatic carbocycles. The van der Waals surface area contributed by atoms with E-state index in [0.717, 1.165) is 43.6 Å². The lowest BCUT2D eigenvalue weighted by Crippen LogP contribution is -2.51. The van der Waals surface area contributed by atoms with Crippen LogP contribution in [-0.4, -0.2) is 81.2 Å². The van der Waals surface area contributed by atoms with E-state index in [0.29, 0.717) is 53.7 Å². The molecule has 4 aliphatic rings. The van der Waals surface area contributed by atoms with Gasteiger partial charge in [0.15, 0.2) is 5.82 Å². The summed E-state index contributed by atoms with van der Waals surface area (Å²) < 4.78 is 55.1. The fraction of sp³-hybridized carbons (Fsp3) is 0.455. The van der Waals surface area contributed by atoms with Crippen molar-refractivity contribution in [3.05, 3.63) is 35.5 Å². The smallest absolute Gasteiger partial charge is 0.319 e. The number of thiophene rings is 1. The fourth-order valence-electron chi connectivity index (χ4n) is 8.58. The summed E-state index contributed by atoms with van der Waals surface area (Å²) in [4.78, 5) is 14.0. The van der Waals surface area contributed by atoms with Crippen LogP contribution in [0.3, 0.4) is 0 Å². The lowest BCUT2D eigenvalue weighted by atomic mass is 9.94. The van der Waals surface area contributed by atoms with Gasteiger partial charge in [0.1, 0.15) is 46.5 Å². The molecule has 4 aliphatic heterocycles. The first kappa shape index (κ1) is 29.0. The third kappa shape index (κ3) is 4.32. The lowest BCUT2D eigenvalue weighted by Gasteiger charge is -2.35. The molecule has 7 heterocycles. The van der Waals surface area contributed by atoms with Crippen LogP contribution in [0.2, 0.25) is 0 Å². The van der Waals surface area contributed by atoms with Crippen molar-refractivity contribution in [2.24, 2.45) is 7.05 Å². The third-order valence-corrected chi connectivity index (χ3v) is 11.6. The largest absolute Gasteiger partial charge is 0.461 e. The van der Waals surface area contributed by atoms with Crippen LogP contribution in [0.4, 0.5) is 24.0 Å². The zero-order chi connectivity index (χ0) is 32.2.